The molecule has 3 aromatic rings. The molecule has 0 atom stereocenters. The van der Waals surface area contributed by atoms with Gasteiger partial charge in [0.15, 0.2) is 0 Å². The Morgan fingerprint density at radius 2 is 1.80 bits per heavy atom. The first kappa shape index (κ1) is 29.4. The molecular weight excluding hydrogens is 542 g/mol. The maximum absolute atomic E-state index is 13.8. The molecule has 0 aliphatic carbocycles. The Kier molecular flexibility index (Phi) is 8.50. The third-order valence-electron chi connectivity index (χ3n) is 6.78. The molecule has 0 saturated heterocycles. The molecule has 2 heterocycles. The summed E-state index contributed by atoms with van der Waals surface area (Å²) in [7, 11) is 0. The Labute approximate surface area is 233 Å². The Morgan fingerprint density at radius 3 is 2.51 bits per heavy atom. The van der Waals surface area contributed by atoms with E-state index in [9.17, 15) is 31.9 Å². The van der Waals surface area contributed by atoms with Crippen LogP contribution in [0.5, 0.6) is 0 Å². The summed E-state index contributed by atoms with van der Waals surface area (Å²) in [6.07, 6.45) is -1.04. The number of benzene rings is 2. The van der Waals surface area contributed by atoms with Crippen molar-refractivity contribution in [3.63, 3.8) is 0 Å². The lowest BCUT2D eigenvalue weighted by Gasteiger charge is -2.12. The molecule has 0 unspecified atom stereocenters. The second kappa shape index (κ2) is 11.9. The minimum absolute atomic E-state index is 0.118. The lowest BCUT2D eigenvalue weighted by atomic mass is 10.0. The van der Waals surface area contributed by atoms with Crippen LogP contribution in [0.25, 0.3) is 11.6 Å². The number of alkyl halides is 3. The van der Waals surface area contributed by atoms with Gasteiger partial charge in [0, 0.05) is 35.6 Å². The molecule has 0 bridgehead atoms. The number of hydrogen-bond acceptors (Lipinski definition) is 4. The number of nitrogens with two attached hydrogens (primary N) is 1. The molecular formula is C29H29F4N5O3. The van der Waals surface area contributed by atoms with Gasteiger partial charge in [-0.25, -0.2) is 4.39 Å². The van der Waals surface area contributed by atoms with Crippen molar-refractivity contribution >= 4 is 46.4 Å². The van der Waals surface area contributed by atoms with E-state index in [1.807, 2.05) is 0 Å². The number of aromatic amines is 1. The third kappa shape index (κ3) is 6.76. The van der Waals surface area contributed by atoms with Gasteiger partial charge in [0.2, 0.25) is 5.91 Å². The summed E-state index contributed by atoms with van der Waals surface area (Å²) in [5.74, 6) is -1.49. The number of aromatic nitrogens is 1. The van der Waals surface area contributed by atoms with Crippen molar-refractivity contribution in [3.05, 3.63) is 75.9 Å². The van der Waals surface area contributed by atoms with Crippen LogP contribution in [-0.4, -0.2) is 29.3 Å². The smallest absolute Gasteiger partial charge is 0.397 e. The topological polar surface area (TPSA) is 129 Å². The third-order valence-corrected chi connectivity index (χ3v) is 6.78. The molecule has 0 radical (unpaired) electrons. The molecule has 6 N–H and O–H groups in total. The van der Waals surface area contributed by atoms with E-state index in [4.69, 9.17) is 5.73 Å². The molecule has 2 aromatic carbocycles. The lowest BCUT2D eigenvalue weighted by molar-refractivity contribution is -0.137. The van der Waals surface area contributed by atoms with Crippen molar-refractivity contribution in [1.82, 2.24) is 10.3 Å². The molecule has 0 spiro atoms. The zero-order chi connectivity index (χ0) is 29.9. The highest BCUT2D eigenvalue weighted by atomic mass is 19.4. The Hall–Kier alpha value is -4.61. The predicted molar refractivity (Wildman–Crippen MR) is 148 cm³/mol. The number of carbonyl (C=O) groups excluding carboxylic acids is 3. The minimum Gasteiger partial charge on any atom is -0.397 e. The SMILES string of the molecule is Cc1[nH]c(/C=C2\C(=O)Nc3ccc(F)cc32)c(C)c1C(=O)NCCCCCC(=O)Nc1ccc(C(F)(F)F)cc1N. The average molecular weight is 572 g/mol. The van der Waals surface area contributed by atoms with Gasteiger partial charge in [0.1, 0.15) is 5.82 Å². The fraction of sp³-hybridized carbons (Fsp3) is 0.276. The first-order valence-corrected chi connectivity index (χ1v) is 12.9. The van der Waals surface area contributed by atoms with E-state index in [-0.39, 0.29) is 35.5 Å². The summed E-state index contributed by atoms with van der Waals surface area (Å²) >= 11 is 0. The zero-order valence-corrected chi connectivity index (χ0v) is 22.4. The van der Waals surface area contributed by atoms with Crippen molar-refractivity contribution in [1.29, 1.82) is 0 Å². The zero-order valence-electron chi connectivity index (χ0n) is 22.4. The van der Waals surface area contributed by atoms with Gasteiger partial charge in [0.05, 0.1) is 28.1 Å². The number of fused-ring (bicyclic) bond motifs is 1. The van der Waals surface area contributed by atoms with Crippen molar-refractivity contribution < 1.29 is 31.9 Å². The van der Waals surface area contributed by atoms with Gasteiger partial charge in [-0.15, -0.1) is 0 Å². The van der Waals surface area contributed by atoms with Crippen LogP contribution in [0.15, 0.2) is 36.4 Å². The quantitative estimate of drug-likeness (QED) is 0.0963. The minimum atomic E-state index is -4.52. The van der Waals surface area contributed by atoms with E-state index in [0.717, 1.165) is 18.2 Å². The standard InChI is InChI=1S/C29H29F4N5O3/c1-15-24(14-20-19-13-18(30)8-10-22(19)38-27(20)40)36-16(2)26(15)28(41)35-11-5-3-4-6-25(39)37-23-9-7-17(12-21(23)34)29(31,32)33/h7-10,12-14,36H,3-6,11,34H2,1-2H3,(H,35,41)(H,37,39)(H,38,40)/b20-14-. The van der Waals surface area contributed by atoms with Crippen LogP contribution in [0.1, 0.15) is 64.1 Å². The molecule has 0 fully saturated rings. The Balaban J connectivity index is 1.26. The number of anilines is 3. The summed E-state index contributed by atoms with van der Waals surface area (Å²) in [5, 5.41) is 8.07. The van der Waals surface area contributed by atoms with Crippen LogP contribution in [0.4, 0.5) is 34.6 Å². The predicted octanol–water partition coefficient (Wildman–Crippen LogP) is 5.79. The van der Waals surface area contributed by atoms with Gasteiger partial charge in [-0.2, -0.15) is 13.2 Å². The number of rotatable bonds is 9. The van der Waals surface area contributed by atoms with Gasteiger partial charge < -0.3 is 26.7 Å². The fourth-order valence-electron chi connectivity index (χ4n) is 4.65. The molecule has 12 heteroatoms. The summed E-state index contributed by atoms with van der Waals surface area (Å²) in [5.41, 5.74) is 8.22. The van der Waals surface area contributed by atoms with Gasteiger partial charge in [-0.1, -0.05) is 6.42 Å². The van der Waals surface area contributed by atoms with Crippen LogP contribution < -0.4 is 21.7 Å². The van der Waals surface area contributed by atoms with E-state index in [1.54, 1.807) is 19.9 Å². The number of carbonyl (C=O) groups is 3. The molecule has 1 aliphatic rings. The summed E-state index contributed by atoms with van der Waals surface area (Å²) in [6.45, 7) is 3.86. The summed E-state index contributed by atoms with van der Waals surface area (Å²) in [4.78, 5) is 40.6. The van der Waals surface area contributed by atoms with Crippen LogP contribution in [0.3, 0.4) is 0 Å². The average Bonchev–Trinajstić information content (AvgIpc) is 3.35. The molecule has 41 heavy (non-hydrogen) atoms. The van der Waals surface area contributed by atoms with E-state index >= 15 is 0 Å². The highest BCUT2D eigenvalue weighted by Crippen LogP contribution is 2.35. The van der Waals surface area contributed by atoms with Crippen LogP contribution >= 0.6 is 0 Å². The largest absolute Gasteiger partial charge is 0.416 e. The van der Waals surface area contributed by atoms with E-state index in [2.05, 4.69) is 20.9 Å². The van der Waals surface area contributed by atoms with Crippen LogP contribution in [-0.2, 0) is 15.8 Å². The summed E-state index contributed by atoms with van der Waals surface area (Å²) in [6, 6.07) is 6.80. The van der Waals surface area contributed by atoms with Gasteiger partial charge in [-0.05, 0) is 74.7 Å². The maximum atomic E-state index is 13.8. The number of nitrogen functional groups attached to an aromatic ring is 1. The monoisotopic (exact) mass is 571 g/mol. The molecule has 1 aromatic heterocycles. The van der Waals surface area contributed by atoms with Crippen molar-refractivity contribution in [2.24, 2.45) is 0 Å². The van der Waals surface area contributed by atoms with E-state index < -0.39 is 17.6 Å². The molecule has 0 saturated carbocycles. The number of unbranched alkanes of at least 4 members (excludes halogenated alkanes) is 2. The van der Waals surface area contributed by atoms with E-state index in [0.29, 0.717) is 65.1 Å². The first-order valence-electron chi connectivity index (χ1n) is 12.9. The second-order valence-corrected chi connectivity index (χ2v) is 9.78. The number of halogens is 4. The second-order valence-electron chi connectivity index (χ2n) is 9.78. The van der Waals surface area contributed by atoms with Gasteiger partial charge in [0.25, 0.3) is 11.8 Å². The number of aryl methyl sites for hydroxylation is 1. The van der Waals surface area contributed by atoms with E-state index in [1.165, 1.54) is 18.2 Å². The Morgan fingerprint density at radius 1 is 1.05 bits per heavy atom. The highest BCUT2D eigenvalue weighted by Gasteiger charge is 2.31. The summed E-state index contributed by atoms with van der Waals surface area (Å²) < 4.78 is 52.0. The van der Waals surface area contributed by atoms with Gasteiger partial charge in [-0.3, -0.25) is 14.4 Å². The first-order chi connectivity index (χ1) is 19.3. The molecule has 3 amide bonds. The number of amides is 3. The van der Waals surface area contributed by atoms with Crippen LogP contribution in [0.2, 0.25) is 0 Å². The Bertz CT molecular complexity index is 1540. The van der Waals surface area contributed by atoms with Gasteiger partial charge >= 0.3 is 6.18 Å². The number of nitrogens with one attached hydrogen (secondary N) is 4. The van der Waals surface area contributed by atoms with Crippen LogP contribution in [0, 0.1) is 19.7 Å². The van der Waals surface area contributed by atoms with Crippen molar-refractivity contribution in [3.8, 4) is 0 Å². The molecule has 4 rings (SSSR count). The molecule has 216 valence electrons. The highest BCUT2D eigenvalue weighted by molar-refractivity contribution is 6.34. The van der Waals surface area contributed by atoms with Crippen molar-refractivity contribution in [2.75, 3.05) is 22.9 Å². The normalized spacial score (nSPS) is 13.7. The number of hydrogen-bond donors (Lipinski definition) is 5. The number of H-pyrrole nitrogens is 1. The fourth-order valence-corrected chi connectivity index (χ4v) is 4.65. The maximum Gasteiger partial charge on any atom is 0.416 e. The lowest BCUT2D eigenvalue weighted by Crippen LogP contribution is -2.25. The van der Waals surface area contributed by atoms with Crippen molar-refractivity contribution in [2.45, 2.75) is 45.7 Å². The molecule has 8 nitrogen and oxygen atoms in total. The molecule has 1 aliphatic heterocycles.